The van der Waals surface area contributed by atoms with Crippen LogP contribution in [0.15, 0.2) is 42.5 Å². The molecular weight excluding hydrogens is 228 g/mol. The molecule has 0 fully saturated rings. The van der Waals surface area contributed by atoms with Crippen LogP contribution in [0.2, 0.25) is 0 Å². The Kier molecular flexibility index (Phi) is 2.16. The predicted octanol–water partition coefficient (Wildman–Crippen LogP) is 2.02. The number of fused-ring (bicyclic) bond motifs is 5. The highest BCUT2D eigenvalue weighted by atomic mass is 16.2. The zero-order valence-corrected chi connectivity index (χ0v) is 9.44. The zero-order chi connectivity index (χ0) is 12.7. The lowest BCUT2D eigenvalue weighted by Crippen LogP contribution is -2.17. The molecule has 0 saturated carbocycles. The Bertz CT molecular complexity index is 673. The van der Waals surface area contributed by atoms with Gasteiger partial charge < -0.3 is 11.1 Å². The molecule has 2 aromatic rings. The van der Waals surface area contributed by atoms with Crippen molar-refractivity contribution in [1.29, 1.82) is 0 Å². The third-order valence-corrected chi connectivity index (χ3v) is 2.93. The fourth-order valence-electron chi connectivity index (χ4n) is 2.05. The molecule has 4 bridgehead atoms. The molecule has 0 spiro atoms. The molecule has 3 rings (SSSR count). The second kappa shape index (κ2) is 3.70. The monoisotopic (exact) mass is 238 g/mol. The number of amides is 2. The van der Waals surface area contributed by atoms with Crippen molar-refractivity contribution in [2.24, 2.45) is 5.73 Å². The average Bonchev–Trinajstić information content (AvgIpc) is 2.37. The van der Waals surface area contributed by atoms with Crippen LogP contribution in [-0.2, 0) is 0 Å². The third kappa shape index (κ3) is 1.64. The quantitative estimate of drug-likeness (QED) is 0.797. The van der Waals surface area contributed by atoms with Gasteiger partial charge in [0, 0.05) is 16.8 Å². The van der Waals surface area contributed by atoms with Crippen molar-refractivity contribution in [2.75, 3.05) is 5.32 Å². The number of hydrogen-bond acceptors (Lipinski definition) is 2. The van der Waals surface area contributed by atoms with Gasteiger partial charge in [0.15, 0.2) is 0 Å². The first-order valence-electron chi connectivity index (χ1n) is 5.50. The molecule has 3 N–H and O–H groups in total. The normalized spacial score (nSPS) is 12.3. The maximum atomic E-state index is 11.9. The number of nitrogens with one attached hydrogen (secondary N) is 1. The molecule has 0 aromatic heterocycles. The number of nitrogens with two attached hydrogens (primary N) is 1. The van der Waals surface area contributed by atoms with Crippen LogP contribution >= 0.6 is 0 Å². The molecule has 1 heterocycles. The van der Waals surface area contributed by atoms with E-state index in [2.05, 4.69) is 5.32 Å². The van der Waals surface area contributed by atoms with Gasteiger partial charge in [-0.1, -0.05) is 12.1 Å². The molecule has 4 heteroatoms. The standard InChI is InChI=1S/C14H10N2O2/c15-13(17)10-4-9-5-11(6-10)14(18)16-12-3-1-2-8(9)7-12/h1-7H,(H2,15,17)(H,16,18). The Morgan fingerprint density at radius 3 is 2.56 bits per heavy atom. The summed E-state index contributed by atoms with van der Waals surface area (Å²) in [5, 5.41) is 2.77. The van der Waals surface area contributed by atoms with E-state index in [1.165, 1.54) is 6.07 Å². The molecule has 18 heavy (non-hydrogen) atoms. The lowest BCUT2D eigenvalue weighted by molar-refractivity contribution is 0.1000. The zero-order valence-electron chi connectivity index (χ0n) is 9.44. The molecule has 4 nitrogen and oxygen atoms in total. The van der Waals surface area contributed by atoms with Crippen LogP contribution in [0, 0.1) is 0 Å². The summed E-state index contributed by atoms with van der Waals surface area (Å²) in [4.78, 5) is 23.2. The smallest absolute Gasteiger partial charge is 0.255 e. The van der Waals surface area contributed by atoms with Gasteiger partial charge in [0.1, 0.15) is 0 Å². The van der Waals surface area contributed by atoms with E-state index in [0.29, 0.717) is 11.1 Å². The number of carbonyl (C=O) groups excluding carboxylic acids is 2. The SMILES string of the molecule is NC(=O)c1cc2cc(c1)-c1cccc(c1)NC2=O. The number of hydrogen-bond donors (Lipinski definition) is 2. The summed E-state index contributed by atoms with van der Waals surface area (Å²) in [5.41, 5.74) is 8.55. The van der Waals surface area contributed by atoms with Crippen LogP contribution in [0.4, 0.5) is 5.69 Å². The van der Waals surface area contributed by atoms with Gasteiger partial charge in [0.25, 0.3) is 5.91 Å². The van der Waals surface area contributed by atoms with Crippen LogP contribution in [0.1, 0.15) is 20.7 Å². The minimum Gasteiger partial charge on any atom is -0.366 e. The first-order valence-corrected chi connectivity index (χ1v) is 5.50. The number of benzene rings is 2. The van der Waals surface area contributed by atoms with Gasteiger partial charge in [-0.25, -0.2) is 0 Å². The fraction of sp³-hybridized carbons (Fsp3) is 0. The summed E-state index contributed by atoms with van der Waals surface area (Å²) in [6, 6.07) is 12.4. The molecule has 1 aliphatic rings. The molecule has 2 aromatic carbocycles. The van der Waals surface area contributed by atoms with Crippen molar-refractivity contribution in [1.82, 2.24) is 0 Å². The summed E-state index contributed by atoms with van der Waals surface area (Å²) in [7, 11) is 0. The van der Waals surface area contributed by atoms with Gasteiger partial charge >= 0.3 is 0 Å². The van der Waals surface area contributed by atoms with Gasteiger partial charge in [0.2, 0.25) is 5.91 Å². The molecule has 88 valence electrons. The van der Waals surface area contributed by atoms with E-state index in [0.717, 1.165) is 16.8 Å². The summed E-state index contributed by atoms with van der Waals surface area (Å²) < 4.78 is 0. The van der Waals surface area contributed by atoms with Crippen molar-refractivity contribution in [3.63, 3.8) is 0 Å². The number of primary amides is 1. The van der Waals surface area contributed by atoms with E-state index >= 15 is 0 Å². The van der Waals surface area contributed by atoms with E-state index in [9.17, 15) is 9.59 Å². The summed E-state index contributed by atoms with van der Waals surface area (Å²) >= 11 is 0. The highest BCUT2D eigenvalue weighted by Gasteiger charge is 2.15. The van der Waals surface area contributed by atoms with E-state index in [1.807, 2.05) is 24.3 Å². The lowest BCUT2D eigenvalue weighted by atomic mass is 9.97. The fourth-order valence-corrected chi connectivity index (χ4v) is 2.05. The van der Waals surface area contributed by atoms with E-state index in [1.54, 1.807) is 12.1 Å². The van der Waals surface area contributed by atoms with Crippen LogP contribution in [0.3, 0.4) is 0 Å². The third-order valence-electron chi connectivity index (χ3n) is 2.93. The first kappa shape index (κ1) is 10.5. The van der Waals surface area contributed by atoms with Crippen LogP contribution < -0.4 is 11.1 Å². The van der Waals surface area contributed by atoms with E-state index in [4.69, 9.17) is 5.73 Å². The topological polar surface area (TPSA) is 72.2 Å². The van der Waals surface area contributed by atoms with Gasteiger partial charge in [-0.3, -0.25) is 9.59 Å². The van der Waals surface area contributed by atoms with Crippen molar-refractivity contribution >= 4 is 17.5 Å². The number of anilines is 1. The number of rotatable bonds is 1. The maximum absolute atomic E-state index is 11.9. The second-order valence-electron chi connectivity index (χ2n) is 4.20. The van der Waals surface area contributed by atoms with Crippen LogP contribution in [0.5, 0.6) is 0 Å². The Balaban J connectivity index is 2.30. The Morgan fingerprint density at radius 1 is 1.00 bits per heavy atom. The lowest BCUT2D eigenvalue weighted by Gasteiger charge is -2.14. The van der Waals surface area contributed by atoms with Gasteiger partial charge in [-0.05, 0) is 41.5 Å². The maximum Gasteiger partial charge on any atom is 0.255 e. The Labute approximate surface area is 103 Å². The highest BCUT2D eigenvalue weighted by molar-refractivity contribution is 6.08. The molecule has 1 aliphatic heterocycles. The minimum absolute atomic E-state index is 0.240. The minimum atomic E-state index is -0.539. The largest absolute Gasteiger partial charge is 0.366 e. The van der Waals surface area contributed by atoms with E-state index < -0.39 is 5.91 Å². The van der Waals surface area contributed by atoms with Gasteiger partial charge in [0.05, 0.1) is 0 Å². The molecule has 0 atom stereocenters. The molecule has 0 aliphatic carbocycles. The molecule has 0 radical (unpaired) electrons. The van der Waals surface area contributed by atoms with Gasteiger partial charge in [-0.15, -0.1) is 0 Å². The first-order chi connectivity index (χ1) is 8.63. The summed E-state index contributed by atoms with van der Waals surface area (Å²) in [5.74, 6) is -0.779. The van der Waals surface area contributed by atoms with Crippen molar-refractivity contribution < 1.29 is 9.59 Å². The molecule has 0 saturated heterocycles. The van der Waals surface area contributed by atoms with Crippen molar-refractivity contribution in [3.8, 4) is 11.1 Å². The molecule has 0 unspecified atom stereocenters. The van der Waals surface area contributed by atoms with Crippen LogP contribution in [-0.4, -0.2) is 11.8 Å². The molecular formula is C14H10N2O2. The van der Waals surface area contributed by atoms with Crippen molar-refractivity contribution in [2.45, 2.75) is 0 Å². The van der Waals surface area contributed by atoms with Crippen molar-refractivity contribution in [3.05, 3.63) is 53.6 Å². The average molecular weight is 238 g/mol. The predicted molar refractivity (Wildman–Crippen MR) is 68.3 cm³/mol. The summed E-state index contributed by atoms with van der Waals surface area (Å²) in [6.07, 6.45) is 0. The van der Waals surface area contributed by atoms with E-state index in [-0.39, 0.29) is 5.91 Å². The Morgan fingerprint density at radius 2 is 1.78 bits per heavy atom. The highest BCUT2D eigenvalue weighted by Crippen LogP contribution is 2.27. The van der Waals surface area contributed by atoms with Crippen LogP contribution in [0.25, 0.3) is 11.1 Å². The van der Waals surface area contributed by atoms with Gasteiger partial charge in [-0.2, -0.15) is 0 Å². The molecule has 2 amide bonds. The summed E-state index contributed by atoms with van der Waals surface area (Å²) in [6.45, 7) is 0. The second-order valence-corrected chi connectivity index (χ2v) is 4.20. The Hall–Kier alpha value is -2.62. The number of carbonyl (C=O) groups is 2.